The predicted octanol–water partition coefficient (Wildman–Crippen LogP) is 4.79. The molecular formula is C21H22F3NO3S. The minimum atomic E-state index is -4.80. The highest BCUT2D eigenvalue weighted by Gasteiger charge is 2.41. The first kappa shape index (κ1) is 20.2. The van der Waals surface area contributed by atoms with Gasteiger partial charge in [0.25, 0.3) is 0 Å². The van der Waals surface area contributed by atoms with Crippen molar-refractivity contribution in [3.05, 3.63) is 60.2 Å². The Morgan fingerprint density at radius 3 is 2.24 bits per heavy atom. The van der Waals surface area contributed by atoms with E-state index in [9.17, 15) is 21.6 Å². The molecule has 29 heavy (non-hydrogen) atoms. The fourth-order valence-electron chi connectivity index (χ4n) is 3.99. The van der Waals surface area contributed by atoms with Crippen LogP contribution in [0.5, 0.6) is 5.75 Å². The molecule has 0 spiro atoms. The second kappa shape index (κ2) is 7.65. The first-order valence-corrected chi connectivity index (χ1v) is 11.1. The van der Waals surface area contributed by atoms with Gasteiger partial charge >= 0.3 is 6.36 Å². The average Bonchev–Trinajstić information content (AvgIpc) is 3.40. The summed E-state index contributed by atoms with van der Waals surface area (Å²) in [6.07, 6.45) is -1.50. The van der Waals surface area contributed by atoms with Gasteiger partial charge in [0.05, 0.1) is 4.90 Å². The Morgan fingerprint density at radius 2 is 1.62 bits per heavy atom. The summed E-state index contributed by atoms with van der Waals surface area (Å²) in [5.41, 5.74) is 1.38. The molecular weight excluding hydrogens is 403 g/mol. The summed E-state index contributed by atoms with van der Waals surface area (Å²) in [4.78, 5) is -0.0168. The zero-order valence-corrected chi connectivity index (χ0v) is 16.5. The molecule has 1 saturated carbocycles. The molecule has 2 atom stereocenters. The summed E-state index contributed by atoms with van der Waals surface area (Å²) in [5, 5.41) is 0. The number of benzene rings is 2. The Kier molecular flexibility index (Phi) is 5.33. The van der Waals surface area contributed by atoms with Crippen molar-refractivity contribution in [2.45, 2.75) is 36.4 Å². The Morgan fingerprint density at radius 1 is 0.966 bits per heavy atom. The molecule has 2 aliphatic rings. The highest BCUT2D eigenvalue weighted by atomic mass is 32.2. The maximum Gasteiger partial charge on any atom is 0.573 e. The molecule has 1 saturated heterocycles. The van der Waals surface area contributed by atoms with Gasteiger partial charge in [0.15, 0.2) is 0 Å². The molecule has 156 valence electrons. The largest absolute Gasteiger partial charge is 0.573 e. The lowest BCUT2D eigenvalue weighted by molar-refractivity contribution is -0.274. The van der Waals surface area contributed by atoms with E-state index in [1.807, 2.05) is 6.07 Å². The highest BCUT2D eigenvalue weighted by molar-refractivity contribution is 7.89. The van der Waals surface area contributed by atoms with Crippen LogP contribution in [-0.2, 0) is 10.0 Å². The third-order valence-electron chi connectivity index (χ3n) is 5.71. The summed E-state index contributed by atoms with van der Waals surface area (Å²) in [7, 11) is -3.68. The van der Waals surface area contributed by atoms with E-state index in [1.165, 1.54) is 16.3 Å². The van der Waals surface area contributed by atoms with Gasteiger partial charge in [-0.15, -0.1) is 13.2 Å². The number of hydrogen-bond acceptors (Lipinski definition) is 3. The lowest BCUT2D eigenvalue weighted by atomic mass is 9.95. The second-order valence-electron chi connectivity index (χ2n) is 7.80. The van der Waals surface area contributed by atoms with Crippen LogP contribution in [0, 0.1) is 11.8 Å². The van der Waals surface area contributed by atoms with Crippen molar-refractivity contribution >= 4 is 10.0 Å². The quantitative estimate of drug-likeness (QED) is 0.641. The van der Waals surface area contributed by atoms with Crippen molar-refractivity contribution in [2.75, 3.05) is 13.1 Å². The van der Waals surface area contributed by atoms with Crippen molar-refractivity contribution in [1.29, 1.82) is 0 Å². The van der Waals surface area contributed by atoms with E-state index in [0.29, 0.717) is 30.8 Å². The van der Waals surface area contributed by atoms with E-state index >= 15 is 0 Å². The van der Waals surface area contributed by atoms with Crippen LogP contribution < -0.4 is 4.74 Å². The van der Waals surface area contributed by atoms with Gasteiger partial charge in [-0.3, -0.25) is 0 Å². The molecule has 8 heteroatoms. The van der Waals surface area contributed by atoms with Gasteiger partial charge in [0.1, 0.15) is 5.75 Å². The Hall–Kier alpha value is -2.06. The molecule has 0 aromatic heterocycles. The Labute approximate surface area is 168 Å². The van der Waals surface area contributed by atoms with E-state index in [0.717, 1.165) is 37.1 Å². The van der Waals surface area contributed by atoms with Crippen LogP contribution in [0.15, 0.2) is 59.5 Å². The normalized spacial score (nSPS) is 22.9. The zero-order chi connectivity index (χ0) is 20.6. The van der Waals surface area contributed by atoms with Gasteiger partial charge in [0.2, 0.25) is 10.0 Å². The molecule has 0 amide bonds. The molecule has 0 bridgehead atoms. The van der Waals surface area contributed by atoms with E-state index in [1.54, 1.807) is 0 Å². The number of nitrogens with zero attached hydrogens (tertiary/aromatic N) is 1. The maximum atomic E-state index is 12.6. The summed E-state index contributed by atoms with van der Waals surface area (Å²) in [5.74, 6) is 1.22. The van der Waals surface area contributed by atoms with Crippen LogP contribution in [0.25, 0.3) is 0 Å². The van der Waals surface area contributed by atoms with Crippen LogP contribution in [0.4, 0.5) is 13.2 Å². The van der Waals surface area contributed by atoms with E-state index < -0.39 is 22.1 Å². The van der Waals surface area contributed by atoms with E-state index in [-0.39, 0.29) is 4.90 Å². The van der Waals surface area contributed by atoms with Crippen LogP contribution in [0.3, 0.4) is 0 Å². The van der Waals surface area contributed by atoms with Crippen molar-refractivity contribution in [2.24, 2.45) is 11.8 Å². The van der Waals surface area contributed by atoms with Crippen LogP contribution in [0.1, 0.15) is 30.7 Å². The minimum absolute atomic E-state index is 0.0168. The van der Waals surface area contributed by atoms with Gasteiger partial charge in [-0.2, -0.15) is 4.31 Å². The molecule has 0 N–H and O–H groups in total. The topological polar surface area (TPSA) is 46.6 Å². The number of alkyl halides is 3. The first-order chi connectivity index (χ1) is 13.7. The molecule has 1 heterocycles. The van der Waals surface area contributed by atoms with Crippen molar-refractivity contribution < 1.29 is 26.3 Å². The lowest BCUT2D eigenvalue weighted by Crippen LogP contribution is -2.49. The second-order valence-corrected chi connectivity index (χ2v) is 9.74. The number of rotatable bonds is 7. The van der Waals surface area contributed by atoms with Crippen molar-refractivity contribution in [1.82, 2.24) is 4.31 Å². The first-order valence-electron chi connectivity index (χ1n) is 9.63. The molecule has 2 aromatic rings. The van der Waals surface area contributed by atoms with Crippen LogP contribution >= 0.6 is 0 Å². The monoisotopic (exact) mass is 425 g/mol. The van der Waals surface area contributed by atoms with Crippen LogP contribution in [-0.4, -0.2) is 32.2 Å². The van der Waals surface area contributed by atoms with Gasteiger partial charge < -0.3 is 4.74 Å². The average molecular weight is 425 g/mol. The molecule has 0 radical (unpaired) electrons. The Bertz CT molecular complexity index is 939. The summed E-state index contributed by atoms with van der Waals surface area (Å²) < 4.78 is 67.0. The van der Waals surface area contributed by atoms with E-state index in [4.69, 9.17) is 0 Å². The van der Waals surface area contributed by atoms with Crippen molar-refractivity contribution in [3.8, 4) is 5.75 Å². The smallest absolute Gasteiger partial charge is 0.406 e. The van der Waals surface area contributed by atoms with Gasteiger partial charge in [-0.25, -0.2) is 8.42 Å². The number of hydrogen-bond donors (Lipinski definition) is 0. The summed E-state index contributed by atoms with van der Waals surface area (Å²) in [6, 6.07) is 14.8. The molecule has 1 aliphatic carbocycles. The standard InChI is InChI=1S/C21H22F3NO3S/c22-21(23,24)28-18-8-10-19(11-9-18)29(26,27)25-13-15(14-25)6-7-17-12-20(17)16-4-2-1-3-5-16/h1-5,8-11,15,17,20H,6-7,12-14H2. The molecule has 2 unspecified atom stereocenters. The molecule has 1 aliphatic heterocycles. The molecule has 4 nitrogen and oxygen atoms in total. The molecule has 4 rings (SSSR count). The van der Waals surface area contributed by atoms with Gasteiger partial charge in [0, 0.05) is 13.1 Å². The van der Waals surface area contributed by atoms with E-state index in [2.05, 4.69) is 29.0 Å². The molecule has 2 fully saturated rings. The van der Waals surface area contributed by atoms with Gasteiger partial charge in [-0.05, 0) is 66.8 Å². The lowest BCUT2D eigenvalue weighted by Gasteiger charge is -2.38. The maximum absolute atomic E-state index is 12.6. The SMILES string of the molecule is O=S(=O)(c1ccc(OC(F)(F)F)cc1)N1CC(CCC2CC2c2ccccc2)C1. The third kappa shape index (κ3) is 4.75. The fourth-order valence-corrected chi connectivity index (χ4v) is 5.58. The van der Waals surface area contributed by atoms with Gasteiger partial charge in [-0.1, -0.05) is 30.3 Å². The summed E-state index contributed by atoms with van der Waals surface area (Å²) in [6.45, 7) is 0.928. The zero-order valence-electron chi connectivity index (χ0n) is 15.7. The Balaban J connectivity index is 1.25. The predicted molar refractivity (Wildman–Crippen MR) is 102 cm³/mol. The summed E-state index contributed by atoms with van der Waals surface area (Å²) >= 11 is 0. The number of halogens is 3. The third-order valence-corrected chi connectivity index (χ3v) is 7.56. The minimum Gasteiger partial charge on any atom is -0.406 e. The van der Waals surface area contributed by atoms with Crippen LogP contribution in [0.2, 0.25) is 0 Å². The number of ether oxygens (including phenoxy) is 1. The molecule has 2 aromatic carbocycles. The van der Waals surface area contributed by atoms with Crippen molar-refractivity contribution in [3.63, 3.8) is 0 Å². The highest BCUT2D eigenvalue weighted by Crippen LogP contribution is 2.50. The fraction of sp³-hybridized carbons (Fsp3) is 0.429. The number of sulfonamides is 1.